The fraction of sp³-hybridized carbons (Fsp3) is 0.211. The highest BCUT2D eigenvalue weighted by molar-refractivity contribution is 6.05. The fourth-order valence-corrected chi connectivity index (χ4v) is 2.20. The third-order valence-electron chi connectivity index (χ3n) is 3.19. The predicted molar refractivity (Wildman–Crippen MR) is 94.3 cm³/mol. The second-order valence-electron chi connectivity index (χ2n) is 6.40. The summed E-state index contributed by atoms with van der Waals surface area (Å²) in [7, 11) is 0. The number of aromatic nitrogens is 2. The molecule has 5 heteroatoms. The number of rotatable bonds is 3. The quantitative estimate of drug-likeness (QED) is 0.790. The van der Waals surface area contributed by atoms with Crippen molar-refractivity contribution in [3.05, 3.63) is 60.3 Å². The van der Waals surface area contributed by atoms with Gasteiger partial charge in [0.1, 0.15) is 5.60 Å². The summed E-state index contributed by atoms with van der Waals surface area (Å²) < 4.78 is 5.87. The summed E-state index contributed by atoms with van der Waals surface area (Å²) in [6, 6.07) is 16.6. The zero-order chi connectivity index (χ0) is 17.2. The van der Waals surface area contributed by atoms with Crippen LogP contribution in [0.25, 0.3) is 11.0 Å². The highest BCUT2D eigenvalue weighted by atomic mass is 16.5. The molecule has 5 nitrogen and oxygen atoms in total. The van der Waals surface area contributed by atoms with Crippen LogP contribution in [0.3, 0.4) is 0 Å². The molecule has 3 rings (SSSR count). The lowest BCUT2D eigenvalue weighted by molar-refractivity contribution is 0.0984. The van der Waals surface area contributed by atoms with Gasteiger partial charge in [-0.1, -0.05) is 30.3 Å². The van der Waals surface area contributed by atoms with E-state index in [0.29, 0.717) is 16.7 Å². The Labute approximate surface area is 140 Å². The van der Waals surface area contributed by atoms with E-state index >= 15 is 0 Å². The molecule has 0 atom stereocenters. The van der Waals surface area contributed by atoms with E-state index < -0.39 is 5.60 Å². The lowest BCUT2D eigenvalue weighted by atomic mass is 10.2. The maximum absolute atomic E-state index is 12.7. The number of carbonyl (C=O) groups excluding carboxylic acids is 1. The van der Waals surface area contributed by atoms with Gasteiger partial charge >= 0.3 is 0 Å². The number of para-hydroxylation sites is 3. The second kappa shape index (κ2) is 6.28. The third-order valence-corrected chi connectivity index (χ3v) is 3.19. The number of ether oxygens (including phenoxy) is 1. The molecule has 0 aliphatic heterocycles. The van der Waals surface area contributed by atoms with E-state index in [2.05, 4.69) is 15.3 Å². The van der Waals surface area contributed by atoms with Crippen molar-refractivity contribution in [3.8, 4) is 5.88 Å². The van der Waals surface area contributed by atoms with Crippen molar-refractivity contribution in [2.24, 2.45) is 0 Å². The van der Waals surface area contributed by atoms with Crippen LogP contribution in [-0.4, -0.2) is 21.5 Å². The first kappa shape index (κ1) is 15.9. The van der Waals surface area contributed by atoms with Gasteiger partial charge in [0.05, 0.1) is 11.0 Å². The van der Waals surface area contributed by atoms with Crippen molar-refractivity contribution in [1.29, 1.82) is 0 Å². The highest BCUT2D eigenvalue weighted by Gasteiger charge is 2.22. The zero-order valence-electron chi connectivity index (χ0n) is 13.9. The van der Waals surface area contributed by atoms with Crippen LogP contribution in [0.15, 0.2) is 54.6 Å². The van der Waals surface area contributed by atoms with E-state index in [9.17, 15) is 4.79 Å². The summed E-state index contributed by atoms with van der Waals surface area (Å²) >= 11 is 0. The molecule has 122 valence electrons. The molecule has 0 radical (unpaired) electrons. The molecular weight excluding hydrogens is 302 g/mol. The first-order valence-electron chi connectivity index (χ1n) is 7.74. The van der Waals surface area contributed by atoms with Gasteiger partial charge < -0.3 is 10.1 Å². The van der Waals surface area contributed by atoms with E-state index in [1.54, 1.807) is 0 Å². The van der Waals surface area contributed by atoms with Crippen LogP contribution in [0.2, 0.25) is 0 Å². The van der Waals surface area contributed by atoms with E-state index in [0.717, 1.165) is 0 Å². The Kier molecular flexibility index (Phi) is 4.16. The topological polar surface area (TPSA) is 64.1 Å². The molecule has 24 heavy (non-hydrogen) atoms. The minimum absolute atomic E-state index is 0.174. The zero-order valence-corrected chi connectivity index (χ0v) is 13.9. The summed E-state index contributed by atoms with van der Waals surface area (Å²) in [5.41, 5.74) is 1.72. The van der Waals surface area contributed by atoms with Crippen molar-refractivity contribution >= 4 is 22.6 Å². The minimum Gasteiger partial charge on any atom is -0.470 e. The van der Waals surface area contributed by atoms with Gasteiger partial charge in [-0.25, -0.2) is 9.97 Å². The van der Waals surface area contributed by atoms with Crippen molar-refractivity contribution in [1.82, 2.24) is 9.97 Å². The lowest BCUT2D eigenvalue weighted by Gasteiger charge is -2.21. The summed E-state index contributed by atoms with van der Waals surface area (Å²) in [5, 5.41) is 2.83. The number of nitrogens with zero attached hydrogens (tertiary/aromatic N) is 2. The van der Waals surface area contributed by atoms with Gasteiger partial charge in [-0.05, 0) is 45.0 Å². The molecule has 0 fully saturated rings. The number of hydrogen-bond donors (Lipinski definition) is 1. The van der Waals surface area contributed by atoms with Crippen molar-refractivity contribution in [2.45, 2.75) is 26.4 Å². The smallest absolute Gasteiger partial charge is 0.279 e. The normalized spacial score (nSPS) is 11.3. The average Bonchev–Trinajstić information content (AvgIpc) is 2.53. The maximum atomic E-state index is 12.7. The van der Waals surface area contributed by atoms with Crippen molar-refractivity contribution in [2.75, 3.05) is 5.32 Å². The molecule has 0 bridgehead atoms. The molecule has 1 heterocycles. The van der Waals surface area contributed by atoms with E-state index in [1.165, 1.54) is 0 Å². The minimum atomic E-state index is -0.487. The van der Waals surface area contributed by atoms with Crippen LogP contribution in [0.4, 0.5) is 5.69 Å². The fourth-order valence-electron chi connectivity index (χ4n) is 2.20. The summed E-state index contributed by atoms with van der Waals surface area (Å²) in [6.45, 7) is 5.72. The van der Waals surface area contributed by atoms with E-state index in [4.69, 9.17) is 4.74 Å². The average molecular weight is 321 g/mol. The van der Waals surface area contributed by atoms with Crippen LogP contribution in [0.1, 0.15) is 31.3 Å². The number of anilines is 1. The highest BCUT2D eigenvalue weighted by Crippen LogP contribution is 2.23. The molecule has 0 saturated heterocycles. The standard InChI is InChI=1S/C19H19N3O2/c1-19(2,3)24-18-16(17(23)20-13-9-5-4-6-10-13)21-14-11-7-8-12-15(14)22-18/h4-12H,1-3H3,(H,20,23). The summed E-state index contributed by atoms with van der Waals surface area (Å²) in [6.07, 6.45) is 0. The Morgan fingerprint density at radius 2 is 1.50 bits per heavy atom. The van der Waals surface area contributed by atoms with Crippen LogP contribution in [0.5, 0.6) is 5.88 Å². The third kappa shape index (κ3) is 3.68. The monoisotopic (exact) mass is 321 g/mol. The van der Waals surface area contributed by atoms with Gasteiger partial charge in [-0.15, -0.1) is 0 Å². The summed E-state index contributed by atoms with van der Waals surface area (Å²) in [4.78, 5) is 21.6. The first-order chi connectivity index (χ1) is 11.4. The Balaban J connectivity index is 2.03. The van der Waals surface area contributed by atoms with Crippen molar-refractivity contribution in [3.63, 3.8) is 0 Å². The number of benzene rings is 2. The number of amides is 1. The predicted octanol–water partition coefficient (Wildman–Crippen LogP) is 4.06. The molecule has 0 aliphatic carbocycles. The number of hydrogen-bond acceptors (Lipinski definition) is 4. The van der Waals surface area contributed by atoms with Crippen LogP contribution < -0.4 is 10.1 Å². The SMILES string of the molecule is CC(C)(C)Oc1nc2ccccc2nc1C(=O)Nc1ccccc1. The molecule has 1 amide bonds. The number of carbonyl (C=O) groups is 1. The molecule has 0 spiro atoms. The molecule has 3 aromatic rings. The van der Waals surface area contributed by atoms with Gasteiger partial charge in [0, 0.05) is 5.69 Å². The molecule has 1 aromatic heterocycles. The number of fused-ring (bicyclic) bond motifs is 1. The van der Waals surface area contributed by atoms with Gasteiger partial charge in [0.25, 0.3) is 5.91 Å². The first-order valence-corrected chi connectivity index (χ1v) is 7.74. The van der Waals surface area contributed by atoms with Gasteiger partial charge in [0.2, 0.25) is 5.88 Å². The molecule has 1 N–H and O–H groups in total. The Bertz CT molecular complexity index is 871. The molecule has 2 aromatic carbocycles. The van der Waals surface area contributed by atoms with Gasteiger partial charge in [0.15, 0.2) is 5.69 Å². The van der Waals surface area contributed by atoms with Gasteiger partial charge in [-0.3, -0.25) is 4.79 Å². The largest absolute Gasteiger partial charge is 0.470 e. The Hall–Kier alpha value is -2.95. The molecule has 0 unspecified atom stereocenters. The van der Waals surface area contributed by atoms with Crippen molar-refractivity contribution < 1.29 is 9.53 Å². The van der Waals surface area contributed by atoms with Crippen LogP contribution >= 0.6 is 0 Å². The molecular formula is C19H19N3O2. The Morgan fingerprint density at radius 1 is 0.917 bits per heavy atom. The van der Waals surface area contributed by atoms with E-state index in [-0.39, 0.29) is 17.5 Å². The lowest BCUT2D eigenvalue weighted by Crippen LogP contribution is -2.26. The van der Waals surface area contributed by atoms with Crippen LogP contribution in [-0.2, 0) is 0 Å². The Morgan fingerprint density at radius 3 is 2.12 bits per heavy atom. The maximum Gasteiger partial charge on any atom is 0.279 e. The van der Waals surface area contributed by atoms with E-state index in [1.807, 2.05) is 75.4 Å². The van der Waals surface area contributed by atoms with Gasteiger partial charge in [-0.2, -0.15) is 0 Å². The number of nitrogens with one attached hydrogen (secondary N) is 1. The second-order valence-corrected chi connectivity index (χ2v) is 6.40. The molecule has 0 saturated carbocycles. The summed E-state index contributed by atoms with van der Waals surface area (Å²) in [5.74, 6) is -0.117. The molecule has 0 aliphatic rings. The van der Waals surface area contributed by atoms with Crippen LogP contribution in [0, 0.1) is 0 Å².